The van der Waals surface area contributed by atoms with Gasteiger partial charge in [-0.3, -0.25) is 4.57 Å². The SMILES string of the molecule is CC#CC(C)(C)COP(=O)(CC)CC. The van der Waals surface area contributed by atoms with Crippen LogP contribution in [0.3, 0.4) is 0 Å². The highest BCUT2D eigenvalue weighted by Crippen LogP contribution is 2.46. The summed E-state index contributed by atoms with van der Waals surface area (Å²) in [5, 5.41) is 0. The van der Waals surface area contributed by atoms with Gasteiger partial charge in [-0.05, 0) is 20.8 Å². The third-order valence-corrected chi connectivity index (χ3v) is 4.61. The van der Waals surface area contributed by atoms with Crippen molar-refractivity contribution in [2.45, 2.75) is 34.6 Å². The fourth-order valence-corrected chi connectivity index (χ4v) is 2.43. The Bertz CT molecular complexity index is 263. The average Bonchev–Trinajstić information content (AvgIpc) is 2.14. The van der Waals surface area contributed by atoms with Crippen LogP contribution in [0.25, 0.3) is 0 Å². The maximum absolute atomic E-state index is 11.9. The van der Waals surface area contributed by atoms with Crippen molar-refractivity contribution in [2.24, 2.45) is 5.41 Å². The Morgan fingerprint density at radius 3 is 2.14 bits per heavy atom. The van der Waals surface area contributed by atoms with Gasteiger partial charge in [0.15, 0.2) is 0 Å². The summed E-state index contributed by atoms with van der Waals surface area (Å²) in [6, 6.07) is 0. The molecule has 0 aromatic rings. The lowest BCUT2D eigenvalue weighted by atomic mass is 9.96. The molecular formula is C11H21O2P. The lowest BCUT2D eigenvalue weighted by Gasteiger charge is -2.22. The molecule has 3 heteroatoms. The minimum absolute atomic E-state index is 0.200. The van der Waals surface area contributed by atoms with Crippen LogP contribution in [0, 0.1) is 17.3 Å². The quantitative estimate of drug-likeness (QED) is 0.520. The van der Waals surface area contributed by atoms with E-state index >= 15 is 0 Å². The standard InChI is InChI=1S/C11H21O2P/c1-6-9-11(4,5)10-13-14(12,7-2)8-3/h7-8,10H2,1-5H3. The molecule has 0 amide bonds. The summed E-state index contributed by atoms with van der Waals surface area (Å²) in [6.07, 6.45) is 1.22. The smallest absolute Gasteiger partial charge is 0.202 e. The fourth-order valence-electron chi connectivity index (χ4n) is 1.06. The first-order valence-corrected chi connectivity index (χ1v) is 7.05. The molecule has 82 valence electrons. The lowest BCUT2D eigenvalue weighted by molar-refractivity contribution is 0.231. The Morgan fingerprint density at radius 2 is 1.79 bits per heavy atom. The first-order chi connectivity index (χ1) is 6.39. The maximum Gasteiger partial charge on any atom is 0.202 e. The predicted molar refractivity (Wildman–Crippen MR) is 61.9 cm³/mol. The largest absolute Gasteiger partial charge is 0.327 e. The molecule has 0 aromatic heterocycles. The second-order valence-corrected chi connectivity index (χ2v) is 7.13. The van der Waals surface area contributed by atoms with Crippen LogP contribution < -0.4 is 0 Å². The second-order valence-electron chi connectivity index (χ2n) is 3.98. The van der Waals surface area contributed by atoms with Crippen molar-refractivity contribution in [1.82, 2.24) is 0 Å². The topological polar surface area (TPSA) is 26.3 Å². The molecule has 0 spiro atoms. The maximum atomic E-state index is 11.9. The van der Waals surface area contributed by atoms with Gasteiger partial charge in [-0.1, -0.05) is 19.8 Å². The molecule has 0 unspecified atom stereocenters. The van der Waals surface area contributed by atoms with Gasteiger partial charge in [-0.25, -0.2) is 0 Å². The van der Waals surface area contributed by atoms with E-state index < -0.39 is 7.37 Å². The number of hydrogen-bond acceptors (Lipinski definition) is 2. The zero-order valence-corrected chi connectivity index (χ0v) is 10.8. The van der Waals surface area contributed by atoms with Crippen LogP contribution in [0.4, 0.5) is 0 Å². The van der Waals surface area contributed by atoms with Crippen molar-refractivity contribution < 1.29 is 9.09 Å². The first-order valence-electron chi connectivity index (χ1n) is 5.05. The summed E-state index contributed by atoms with van der Waals surface area (Å²) >= 11 is 0. The Balaban J connectivity index is 4.28. The second kappa shape index (κ2) is 5.59. The summed E-state index contributed by atoms with van der Waals surface area (Å²) in [6.45, 7) is 10.1. The van der Waals surface area contributed by atoms with Gasteiger partial charge in [0, 0.05) is 17.7 Å². The Labute approximate surface area is 87.9 Å². The number of hydrogen-bond donors (Lipinski definition) is 0. The van der Waals surface area contributed by atoms with E-state index in [0.29, 0.717) is 18.9 Å². The summed E-state index contributed by atoms with van der Waals surface area (Å²) in [5.74, 6) is 5.91. The molecule has 0 aliphatic rings. The van der Waals surface area contributed by atoms with Crippen molar-refractivity contribution >= 4 is 7.37 Å². The molecule has 14 heavy (non-hydrogen) atoms. The molecule has 0 saturated carbocycles. The van der Waals surface area contributed by atoms with Gasteiger partial charge < -0.3 is 4.52 Å². The Kier molecular flexibility index (Phi) is 5.49. The van der Waals surface area contributed by atoms with E-state index in [9.17, 15) is 4.57 Å². The highest BCUT2D eigenvalue weighted by atomic mass is 31.2. The van der Waals surface area contributed by atoms with Gasteiger partial charge in [0.1, 0.15) is 0 Å². The van der Waals surface area contributed by atoms with Gasteiger partial charge >= 0.3 is 0 Å². The molecule has 0 heterocycles. The zero-order valence-electron chi connectivity index (χ0n) is 9.89. The van der Waals surface area contributed by atoms with E-state index in [1.54, 1.807) is 6.92 Å². The third-order valence-electron chi connectivity index (χ3n) is 2.09. The van der Waals surface area contributed by atoms with Gasteiger partial charge in [0.25, 0.3) is 0 Å². The normalized spacial score (nSPS) is 12.1. The molecule has 2 nitrogen and oxygen atoms in total. The van der Waals surface area contributed by atoms with Crippen LogP contribution in [0.2, 0.25) is 0 Å². The molecule has 0 radical (unpaired) electrons. The fraction of sp³-hybridized carbons (Fsp3) is 0.818. The Hall–Kier alpha value is -0.250. The van der Waals surface area contributed by atoms with E-state index in [0.717, 1.165) is 0 Å². The van der Waals surface area contributed by atoms with Gasteiger partial charge in [-0.15, -0.1) is 5.92 Å². The lowest BCUT2D eigenvalue weighted by Crippen LogP contribution is -2.16. The van der Waals surface area contributed by atoms with E-state index in [2.05, 4.69) is 11.8 Å². The van der Waals surface area contributed by atoms with Crippen LogP contribution in [0.1, 0.15) is 34.6 Å². The summed E-state index contributed by atoms with van der Waals surface area (Å²) in [4.78, 5) is 0. The summed E-state index contributed by atoms with van der Waals surface area (Å²) < 4.78 is 17.4. The van der Waals surface area contributed by atoms with Gasteiger partial charge in [-0.2, -0.15) is 0 Å². The van der Waals surface area contributed by atoms with Crippen LogP contribution >= 0.6 is 7.37 Å². The molecule has 0 fully saturated rings. The predicted octanol–water partition coefficient (Wildman–Crippen LogP) is 3.37. The van der Waals surface area contributed by atoms with Gasteiger partial charge in [0.2, 0.25) is 7.37 Å². The molecule has 0 N–H and O–H groups in total. The molecule has 0 aliphatic heterocycles. The van der Waals surface area contributed by atoms with Crippen molar-refractivity contribution in [2.75, 3.05) is 18.9 Å². The summed E-state index contributed by atoms with van der Waals surface area (Å²) in [7, 11) is -2.37. The molecular weight excluding hydrogens is 195 g/mol. The average molecular weight is 216 g/mol. The van der Waals surface area contributed by atoms with E-state index in [4.69, 9.17) is 4.52 Å². The van der Waals surface area contributed by atoms with Crippen LogP contribution in [0.15, 0.2) is 0 Å². The van der Waals surface area contributed by atoms with Crippen molar-refractivity contribution in [3.05, 3.63) is 0 Å². The minimum atomic E-state index is -2.37. The first kappa shape index (κ1) is 13.8. The highest BCUT2D eigenvalue weighted by Gasteiger charge is 2.23. The molecule has 0 atom stereocenters. The molecule has 0 aromatic carbocycles. The monoisotopic (exact) mass is 216 g/mol. The van der Waals surface area contributed by atoms with Crippen LogP contribution in [-0.2, 0) is 9.09 Å². The van der Waals surface area contributed by atoms with Crippen LogP contribution in [0.5, 0.6) is 0 Å². The summed E-state index contributed by atoms with van der Waals surface area (Å²) in [5.41, 5.74) is -0.200. The van der Waals surface area contributed by atoms with E-state index in [1.807, 2.05) is 27.7 Å². The van der Waals surface area contributed by atoms with E-state index in [1.165, 1.54) is 0 Å². The van der Waals surface area contributed by atoms with Crippen molar-refractivity contribution in [3.8, 4) is 11.8 Å². The van der Waals surface area contributed by atoms with Crippen molar-refractivity contribution in [3.63, 3.8) is 0 Å². The van der Waals surface area contributed by atoms with Crippen LogP contribution in [-0.4, -0.2) is 18.9 Å². The molecule has 0 rings (SSSR count). The minimum Gasteiger partial charge on any atom is -0.327 e. The highest BCUT2D eigenvalue weighted by molar-refractivity contribution is 7.58. The van der Waals surface area contributed by atoms with Crippen molar-refractivity contribution in [1.29, 1.82) is 0 Å². The van der Waals surface area contributed by atoms with Gasteiger partial charge in [0.05, 0.1) is 6.61 Å². The number of rotatable bonds is 5. The molecule has 0 aliphatic carbocycles. The third kappa shape index (κ3) is 4.84. The zero-order chi connectivity index (χ0) is 11.2. The molecule has 0 saturated heterocycles. The molecule has 0 bridgehead atoms. The Morgan fingerprint density at radius 1 is 1.29 bits per heavy atom. The van der Waals surface area contributed by atoms with E-state index in [-0.39, 0.29) is 5.41 Å².